The Bertz CT molecular complexity index is 338. The van der Waals surface area contributed by atoms with Crippen molar-refractivity contribution >= 4 is 0 Å². The second-order valence-electron chi connectivity index (χ2n) is 3.92. The van der Waals surface area contributed by atoms with E-state index in [4.69, 9.17) is 5.73 Å². The molecule has 3 heteroatoms. The number of fused-ring (bicyclic) bond motifs is 1. The average Bonchev–Trinajstić information content (AvgIpc) is 2.16. The molecule has 14 heavy (non-hydrogen) atoms. The molecule has 0 fully saturated rings. The van der Waals surface area contributed by atoms with Gasteiger partial charge in [0.25, 0.3) is 0 Å². The van der Waals surface area contributed by atoms with Crippen molar-refractivity contribution in [3.8, 4) is 0 Å². The van der Waals surface area contributed by atoms with Gasteiger partial charge in [0.2, 0.25) is 0 Å². The maximum Gasteiger partial charge on any atom is 0.123 e. The van der Waals surface area contributed by atoms with Crippen LogP contribution in [0.4, 0.5) is 4.39 Å². The van der Waals surface area contributed by atoms with Crippen LogP contribution < -0.4 is 5.73 Å². The summed E-state index contributed by atoms with van der Waals surface area (Å²) in [6.45, 7) is 1.46. The zero-order chi connectivity index (χ0) is 10.1. The quantitative estimate of drug-likeness (QED) is 0.726. The summed E-state index contributed by atoms with van der Waals surface area (Å²) in [5, 5.41) is 0. The van der Waals surface area contributed by atoms with E-state index in [0.29, 0.717) is 12.6 Å². The van der Waals surface area contributed by atoms with Gasteiger partial charge in [-0.2, -0.15) is 0 Å². The van der Waals surface area contributed by atoms with E-state index in [1.54, 1.807) is 6.07 Å². The number of nitrogens with two attached hydrogens (primary N) is 1. The lowest BCUT2D eigenvalue weighted by atomic mass is 9.94. The third kappa shape index (κ3) is 1.65. The summed E-state index contributed by atoms with van der Waals surface area (Å²) in [6.07, 6.45) is 0.933. The maximum atomic E-state index is 13.0. The van der Waals surface area contributed by atoms with Crippen molar-refractivity contribution in [3.63, 3.8) is 0 Å². The molecule has 0 spiro atoms. The number of likely N-dealkylation sites (N-methyl/N-ethyl adjacent to an activating group) is 1. The second-order valence-corrected chi connectivity index (χ2v) is 3.92. The Morgan fingerprint density at radius 3 is 3.00 bits per heavy atom. The Morgan fingerprint density at radius 1 is 1.50 bits per heavy atom. The normalized spacial score (nSPS) is 22.1. The van der Waals surface area contributed by atoms with Gasteiger partial charge in [-0.25, -0.2) is 4.39 Å². The van der Waals surface area contributed by atoms with E-state index < -0.39 is 0 Å². The first kappa shape index (κ1) is 9.62. The van der Waals surface area contributed by atoms with Crippen LogP contribution in [-0.2, 0) is 13.0 Å². The standard InChI is InChI=1S/C11H15FN2/c1-14-7-9-4-10(12)3-2-8(9)5-11(14)6-13/h2-4,11H,5-7,13H2,1H3/t11-/m0/s1. The summed E-state index contributed by atoms with van der Waals surface area (Å²) >= 11 is 0. The van der Waals surface area contributed by atoms with E-state index in [1.807, 2.05) is 13.1 Å². The van der Waals surface area contributed by atoms with Crippen LogP contribution in [0.15, 0.2) is 18.2 Å². The molecule has 0 aliphatic carbocycles. The molecular formula is C11H15FN2. The van der Waals surface area contributed by atoms with Crippen molar-refractivity contribution in [2.24, 2.45) is 5.73 Å². The van der Waals surface area contributed by atoms with Gasteiger partial charge in [-0.05, 0) is 36.7 Å². The summed E-state index contributed by atoms with van der Waals surface area (Å²) in [5.41, 5.74) is 8.00. The second kappa shape index (κ2) is 3.67. The minimum atomic E-state index is -0.150. The maximum absolute atomic E-state index is 13.0. The average molecular weight is 194 g/mol. The molecule has 0 aromatic heterocycles. The number of nitrogens with zero attached hydrogens (tertiary/aromatic N) is 1. The van der Waals surface area contributed by atoms with E-state index in [-0.39, 0.29) is 5.82 Å². The van der Waals surface area contributed by atoms with Crippen molar-refractivity contribution < 1.29 is 4.39 Å². The Morgan fingerprint density at radius 2 is 2.29 bits per heavy atom. The summed E-state index contributed by atoms with van der Waals surface area (Å²) in [6, 6.07) is 5.42. The monoisotopic (exact) mass is 194 g/mol. The van der Waals surface area contributed by atoms with Crippen molar-refractivity contribution in [1.29, 1.82) is 0 Å². The molecule has 0 saturated heterocycles. The number of hydrogen-bond acceptors (Lipinski definition) is 2. The topological polar surface area (TPSA) is 29.3 Å². The first-order valence-corrected chi connectivity index (χ1v) is 4.88. The van der Waals surface area contributed by atoms with Crippen LogP contribution >= 0.6 is 0 Å². The molecule has 1 atom stereocenters. The molecule has 0 bridgehead atoms. The van der Waals surface area contributed by atoms with Crippen LogP contribution in [0.5, 0.6) is 0 Å². The highest BCUT2D eigenvalue weighted by molar-refractivity contribution is 5.30. The number of benzene rings is 1. The predicted octanol–water partition coefficient (Wildman–Crippen LogP) is 1.14. The SMILES string of the molecule is CN1Cc2cc(F)ccc2C[C@H]1CN. The van der Waals surface area contributed by atoms with Crippen molar-refractivity contribution in [3.05, 3.63) is 35.1 Å². The molecular weight excluding hydrogens is 179 g/mol. The van der Waals surface area contributed by atoms with E-state index in [9.17, 15) is 4.39 Å². The predicted molar refractivity (Wildman–Crippen MR) is 54.4 cm³/mol. The summed E-state index contributed by atoms with van der Waals surface area (Å²) in [5.74, 6) is -0.150. The van der Waals surface area contributed by atoms with Gasteiger partial charge in [0, 0.05) is 19.1 Å². The van der Waals surface area contributed by atoms with E-state index in [1.165, 1.54) is 11.6 Å². The van der Waals surface area contributed by atoms with Crippen molar-refractivity contribution in [2.45, 2.75) is 19.0 Å². The van der Waals surface area contributed by atoms with Crippen LogP contribution in [0.3, 0.4) is 0 Å². The zero-order valence-corrected chi connectivity index (χ0v) is 8.33. The molecule has 1 heterocycles. The molecule has 0 saturated carbocycles. The minimum Gasteiger partial charge on any atom is -0.329 e. The molecule has 1 aromatic rings. The van der Waals surface area contributed by atoms with Gasteiger partial charge in [-0.1, -0.05) is 6.07 Å². The third-order valence-electron chi connectivity index (χ3n) is 2.94. The minimum absolute atomic E-state index is 0.150. The summed E-state index contributed by atoms with van der Waals surface area (Å²) < 4.78 is 13.0. The van der Waals surface area contributed by atoms with Crippen LogP contribution in [0.1, 0.15) is 11.1 Å². The van der Waals surface area contributed by atoms with Crippen molar-refractivity contribution in [2.75, 3.05) is 13.6 Å². The highest BCUT2D eigenvalue weighted by Gasteiger charge is 2.21. The Hall–Kier alpha value is -0.930. The number of rotatable bonds is 1. The Labute approximate surface area is 83.5 Å². The molecule has 2 N–H and O–H groups in total. The van der Waals surface area contributed by atoms with Gasteiger partial charge in [0.05, 0.1) is 0 Å². The van der Waals surface area contributed by atoms with E-state index >= 15 is 0 Å². The lowest BCUT2D eigenvalue weighted by Crippen LogP contribution is -2.42. The van der Waals surface area contributed by atoms with Crippen LogP contribution in [0.2, 0.25) is 0 Å². The Balaban J connectivity index is 2.30. The van der Waals surface area contributed by atoms with Gasteiger partial charge in [0.1, 0.15) is 5.82 Å². The molecule has 76 valence electrons. The molecule has 1 aliphatic rings. The molecule has 0 amide bonds. The highest BCUT2D eigenvalue weighted by Crippen LogP contribution is 2.22. The first-order valence-electron chi connectivity index (χ1n) is 4.88. The van der Waals surface area contributed by atoms with Crippen LogP contribution in [0.25, 0.3) is 0 Å². The first-order chi connectivity index (χ1) is 6.70. The van der Waals surface area contributed by atoms with Gasteiger partial charge < -0.3 is 5.73 Å². The fourth-order valence-electron chi connectivity index (χ4n) is 2.01. The fraction of sp³-hybridized carbons (Fsp3) is 0.455. The van der Waals surface area contributed by atoms with Gasteiger partial charge >= 0.3 is 0 Å². The molecule has 2 nitrogen and oxygen atoms in total. The largest absolute Gasteiger partial charge is 0.329 e. The molecule has 0 radical (unpaired) electrons. The van der Waals surface area contributed by atoms with Crippen LogP contribution in [-0.4, -0.2) is 24.5 Å². The highest BCUT2D eigenvalue weighted by atomic mass is 19.1. The van der Waals surface area contributed by atoms with Crippen LogP contribution in [0, 0.1) is 5.82 Å². The summed E-state index contributed by atoms with van der Waals surface area (Å²) in [4.78, 5) is 2.18. The van der Waals surface area contributed by atoms with E-state index in [0.717, 1.165) is 18.5 Å². The fourth-order valence-corrected chi connectivity index (χ4v) is 2.01. The van der Waals surface area contributed by atoms with Gasteiger partial charge in [-0.3, -0.25) is 4.90 Å². The van der Waals surface area contributed by atoms with Crippen molar-refractivity contribution in [1.82, 2.24) is 4.90 Å². The number of hydrogen-bond donors (Lipinski definition) is 1. The van der Waals surface area contributed by atoms with Gasteiger partial charge in [0.15, 0.2) is 0 Å². The molecule has 1 aromatic carbocycles. The number of halogens is 1. The lowest BCUT2D eigenvalue weighted by Gasteiger charge is -2.33. The zero-order valence-electron chi connectivity index (χ0n) is 8.33. The van der Waals surface area contributed by atoms with Gasteiger partial charge in [-0.15, -0.1) is 0 Å². The lowest BCUT2D eigenvalue weighted by molar-refractivity contribution is 0.220. The molecule has 2 rings (SSSR count). The summed E-state index contributed by atoms with van der Waals surface area (Å²) in [7, 11) is 2.03. The molecule has 0 unspecified atom stereocenters. The Kier molecular flexibility index (Phi) is 2.52. The smallest absolute Gasteiger partial charge is 0.123 e. The van der Waals surface area contributed by atoms with E-state index in [2.05, 4.69) is 4.90 Å². The molecule has 1 aliphatic heterocycles. The third-order valence-corrected chi connectivity index (χ3v) is 2.94.